The zero-order valence-electron chi connectivity index (χ0n) is 17.7. The Morgan fingerprint density at radius 1 is 1.03 bits per heavy atom. The summed E-state index contributed by atoms with van der Waals surface area (Å²) in [5.74, 6) is 0.478. The Kier molecular flexibility index (Phi) is 5.90. The lowest BCUT2D eigenvalue weighted by Gasteiger charge is -2.18. The van der Waals surface area contributed by atoms with Gasteiger partial charge in [-0.2, -0.15) is 10.2 Å². The van der Waals surface area contributed by atoms with E-state index in [1.54, 1.807) is 18.2 Å². The van der Waals surface area contributed by atoms with Gasteiger partial charge in [0.2, 0.25) is 0 Å². The summed E-state index contributed by atoms with van der Waals surface area (Å²) in [5.41, 5.74) is 2.30. The van der Waals surface area contributed by atoms with Gasteiger partial charge in [-0.1, -0.05) is 18.2 Å². The second-order valence-corrected chi connectivity index (χ2v) is 7.83. The second kappa shape index (κ2) is 8.77. The minimum atomic E-state index is -0.447. The summed E-state index contributed by atoms with van der Waals surface area (Å²) in [4.78, 5) is 6.69. The molecular formula is C23H24F2N6. The Hall–Kier alpha value is -3.39. The Morgan fingerprint density at radius 3 is 2.55 bits per heavy atom. The molecule has 4 aromatic rings. The first kappa shape index (κ1) is 20.9. The average molecular weight is 422 g/mol. The summed E-state index contributed by atoms with van der Waals surface area (Å²) in [5, 5.41) is 14.8. The van der Waals surface area contributed by atoms with Gasteiger partial charge in [0.05, 0.1) is 5.69 Å². The van der Waals surface area contributed by atoms with Gasteiger partial charge in [0.25, 0.3) is 0 Å². The maximum absolute atomic E-state index is 14.7. The van der Waals surface area contributed by atoms with E-state index in [-0.39, 0.29) is 11.3 Å². The monoisotopic (exact) mass is 422 g/mol. The van der Waals surface area contributed by atoms with E-state index >= 15 is 0 Å². The number of hydrogen-bond donors (Lipinski definition) is 2. The Bertz CT molecular complexity index is 1210. The highest BCUT2D eigenvalue weighted by atomic mass is 19.1. The highest BCUT2D eigenvalue weighted by Gasteiger charge is 2.15. The fourth-order valence-electron chi connectivity index (χ4n) is 3.24. The van der Waals surface area contributed by atoms with Gasteiger partial charge in [-0.05, 0) is 63.3 Å². The van der Waals surface area contributed by atoms with Gasteiger partial charge in [-0.25, -0.2) is 13.8 Å². The molecule has 2 aromatic carbocycles. The fourth-order valence-corrected chi connectivity index (χ4v) is 3.24. The molecule has 160 valence electrons. The molecule has 6 nitrogen and oxygen atoms in total. The van der Waals surface area contributed by atoms with Crippen LogP contribution in [0.5, 0.6) is 0 Å². The van der Waals surface area contributed by atoms with Crippen LogP contribution in [0, 0.1) is 11.6 Å². The normalized spacial score (nSPS) is 13.0. The van der Waals surface area contributed by atoms with Crippen LogP contribution in [-0.2, 0) is 6.42 Å². The molecule has 0 saturated heterocycles. The summed E-state index contributed by atoms with van der Waals surface area (Å²) in [7, 11) is 4.09. The molecule has 2 heterocycles. The molecular weight excluding hydrogens is 398 g/mol. The predicted molar refractivity (Wildman–Crippen MR) is 118 cm³/mol. The van der Waals surface area contributed by atoms with Crippen LogP contribution in [0.4, 0.5) is 8.78 Å². The highest BCUT2D eigenvalue weighted by molar-refractivity contribution is 5.92. The maximum Gasteiger partial charge on any atom is 0.181 e. The van der Waals surface area contributed by atoms with Crippen molar-refractivity contribution in [1.82, 2.24) is 30.3 Å². The smallest absolute Gasteiger partial charge is 0.181 e. The molecule has 0 amide bonds. The van der Waals surface area contributed by atoms with Gasteiger partial charge >= 0.3 is 0 Å². The summed E-state index contributed by atoms with van der Waals surface area (Å²) < 4.78 is 27.8. The topological polar surface area (TPSA) is 73.5 Å². The number of H-pyrrole nitrogens is 2. The van der Waals surface area contributed by atoms with Crippen molar-refractivity contribution in [3.8, 4) is 11.4 Å². The molecule has 0 aliphatic carbocycles. The number of benzene rings is 2. The van der Waals surface area contributed by atoms with Crippen molar-refractivity contribution < 1.29 is 8.78 Å². The lowest BCUT2D eigenvalue weighted by Crippen LogP contribution is -2.25. The number of aryl methyl sites for hydroxylation is 1. The third-order valence-corrected chi connectivity index (χ3v) is 5.42. The standard InChI is InChI=1S/C23H24F2N6/c1-14(31(2)3)4-11-21-26-23(30-28-21)16-12-18-20(27-29-22(18)19(25)13-16)10-7-15-5-8-17(24)9-6-15/h5-10,12-14H,4,11H2,1-3H3,(H,27,29)(H,26,28,30). The van der Waals surface area contributed by atoms with Crippen LogP contribution in [-0.4, -0.2) is 50.4 Å². The third-order valence-electron chi connectivity index (χ3n) is 5.42. The van der Waals surface area contributed by atoms with Crippen molar-refractivity contribution in [3.05, 3.63) is 65.1 Å². The van der Waals surface area contributed by atoms with Crippen LogP contribution in [0.15, 0.2) is 36.4 Å². The molecule has 1 atom stereocenters. The summed E-state index contributed by atoms with van der Waals surface area (Å²) in [6, 6.07) is 9.76. The third kappa shape index (κ3) is 4.69. The number of rotatable bonds is 7. The lowest BCUT2D eigenvalue weighted by molar-refractivity contribution is 0.298. The van der Waals surface area contributed by atoms with Gasteiger partial charge in [0.1, 0.15) is 17.2 Å². The number of fused-ring (bicyclic) bond motifs is 1. The van der Waals surface area contributed by atoms with Crippen LogP contribution < -0.4 is 0 Å². The van der Waals surface area contributed by atoms with Gasteiger partial charge in [0, 0.05) is 23.4 Å². The zero-order chi connectivity index (χ0) is 22.0. The molecule has 0 aliphatic rings. The van der Waals surface area contributed by atoms with Crippen molar-refractivity contribution in [2.75, 3.05) is 14.1 Å². The summed E-state index contributed by atoms with van der Waals surface area (Å²) in [6.07, 6.45) is 5.30. The van der Waals surface area contributed by atoms with Crippen LogP contribution in [0.25, 0.3) is 34.4 Å². The van der Waals surface area contributed by atoms with Crippen molar-refractivity contribution in [1.29, 1.82) is 0 Å². The van der Waals surface area contributed by atoms with Crippen molar-refractivity contribution in [3.63, 3.8) is 0 Å². The molecule has 2 N–H and O–H groups in total. The first-order valence-electron chi connectivity index (χ1n) is 10.1. The molecule has 0 aliphatic heterocycles. The fraction of sp³-hybridized carbons (Fsp3) is 0.261. The largest absolute Gasteiger partial charge is 0.307 e. The number of hydrogen-bond acceptors (Lipinski definition) is 4. The summed E-state index contributed by atoms with van der Waals surface area (Å²) in [6.45, 7) is 2.15. The molecule has 0 spiro atoms. The SMILES string of the molecule is CC(CCc1nc(-c2cc(F)c3n[nH]c(C=Cc4ccc(F)cc4)c3c2)n[nH]1)N(C)C. The maximum atomic E-state index is 14.7. The number of aromatic amines is 2. The van der Waals surface area contributed by atoms with Crippen molar-refractivity contribution in [2.45, 2.75) is 25.8 Å². The molecule has 8 heteroatoms. The molecule has 1 unspecified atom stereocenters. The van der Waals surface area contributed by atoms with Gasteiger partial charge < -0.3 is 4.90 Å². The van der Waals surface area contributed by atoms with E-state index in [0.29, 0.717) is 28.5 Å². The van der Waals surface area contributed by atoms with E-state index in [1.165, 1.54) is 18.2 Å². The number of halogens is 2. The van der Waals surface area contributed by atoms with E-state index in [1.807, 2.05) is 26.2 Å². The van der Waals surface area contributed by atoms with Crippen molar-refractivity contribution >= 4 is 23.1 Å². The van der Waals surface area contributed by atoms with E-state index < -0.39 is 5.82 Å². The number of aromatic nitrogens is 5. The van der Waals surface area contributed by atoms with Crippen LogP contribution in [0.2, 0.25) is 0 Å². The first-order valence-corrected chi connectivity index (χ1v) is 10.1. The van der Waals surface area contributed by atoms with Crippen LogP contribution in [0.1, 0.15) is 30.4 Å². The van der Waals surface area contributed by atoms with Crippen molar-refractivity contribution in [2.24, 2.45) is 0 Å². The molecule has 0 bridgehead atoms. The molecule has 4 rings (SSSR count). The molecule has 2 aromatic heterocycles. The zero-order valence-corrected chi connectivity index (χ0v) is 17.7. The van der Waals surface area contributed by atoms with Gasteiger partial charge in [0.15, 0.2) is 11.6 Å². The molecule has 31 heavy (non-hydrogen) atoms. The minimum absolute atomic E-state index is 0.248. The predicted octanol–water partition coefficient (Wildman–Crippen LogP) is 4.68. The van der Waals surface area contributed by atoms with Crippen LogP contribution in [0.3, 0.4) is 0 Å². The van der Waals surface area contributed by atoms with Crippen LogP contribution >= 0.6 is 0 Å². The molecule has 0 radical (unpaired) electrons. The van der Waals surface area contributed by atoms with Gasteiger partial charge in [-0.3, -0.25) is 10.2 Å². The quantitative estimate of drug-likeness (QED) is 0.454. The Labute approximate surface area is 179 Å². The number of nitrogens with zero attached hydrogens (tertiary/aromatic N) is 4. The van der Waals surface area contributed by atoms with E-state index in [4.69, 9.17) is 0 Å². The minimum Gasteiger partial charge on any atom is -0.307 e. The van der Waals surface area contributed by atoms with E-state index in [9.17, 15) is 8.78 Å². The molecule has 0 saturated carbocycles. The Morgan fingerprint density at radius 2 is 1.81 bits per heavy atom. The number of nitrogens with one attached hydrogen (secondary N) is 2. The second-order valence-electron chi connectivity index (χ2n) is 7.83. The summed E-state index contributed by atoms with van der Waals surface area (Å²) >= 11 is 0. The van der Waals surface area contributed by atoms with E-state index in [2.05, 4.69) is 37.2 Å². The lowest BCUT2D eigenvalue weighted by atomic mass is 10.1. The van der Waals surface area contributed by atoms with E-state index in [0.717, 1.165) is 24.2 Å². The highest BCUT2D eigenvalue weighted by Crippen LogP contribution is 2.27. The van der Waals surface area contributed by atoms with Gasteiger partial charge in [-0.15, -0.1) is 0 Å². The Balaban J connectivity index is 1.60. The first-order chi connectivity index (χ1) is 14.9. The molecule has 0 fully saturated rings. The average Bonchev–Trinajstić information content (AvgIpc) is 3.39.